The lowest BCUT2D eigenvalue weighted by atomic mass is 10.2. The maximum absolute atomic E-state index is 12.1. The van der Waals surface area contributed by atoms with Gasteiger partial charge in [0.05, 0.1) is 17.2 Å². The molecule has 0 unspecified atom stereocenters. The van der Waals surface area contributed by atoms with E-state index in [4.69, 9.17) is 21.6 Å². The Bertz CT molecular complexity index is 690. The number of ether oxygens (including phenoxy) is 1. The number of nitriles is 1. The lowest BCUT2D eigenvalue weighted by Gasteiger charge is -2.07. The first-order valence-electron chi connectivity index (χ1n) is 6.38. The van der Waals surface area contributed by atoms with Crippen molar-refractivity contribution in [2.24, 2.45) is 0 Å². The van der Waals surface area contributed by atoms with Crippen LogP contribution in [0.15, 0.2) is 42.5 Å². The third kappa shape index (κ3) is 3.74. The van der Waals surface area contributed by atoms with E-state index in [1.165, 1.54) is 0 Å². The van der Waals surface area contributed by atoms with E-state index in [2.05, 4.69) is 5.32 Å². The van der Waals surface area contributed by atoms with Gasteiger partial charge in [0.25, 0.3) is 5.91 Å². The Morgan fingerprint density at radius 3 is 2.57 bits per heavy atom. The van der Waals surface area contributed by atoms with Gasteiger partial charge in [-0.3, -0.25) is 4.79 Å². The molecule has 0 saturated heterocycles. The minimum Gasteiger partial charge on any atom is -0.494 e. The molecule has 106 valence electrons. The summed E-state index contributed by atoms with van der Waals surface area (Å²) in [5, 5.41) is 11.8. The maximum atomic E-state index is 12.1. The van der Waals surface area contributed by atoms with Crippen molar-refractivity contribution < 1.29 is 9.53 Å². The molecule has 2 aromatic carbocycles. The van der Waals surface area contributed by atoms with Gasteiger partial charge in [-0.25, -0.2) is 0 Å². The maximum Gasteiger partial charge on any atom is 0.255 e. The largest absolute Gasteiger partial charge is 0.494 e. The molecular weight excluding hydrogens is 288 g/mol. The third-order valence-corrected chi connectivity index (χ3v) is 3.09. The van der Waals surface area contributed by atoms with E-state index < -0.39 is 0 Å². The van der Waals surface area contributed by atoms with Crippen LogP contribution in [0.25, 0.3) is 0 Å². The molecule has 0 fully saturated rings. The summed E-state index contributed by atoms with van der Waals surface area (Å²) in [6.45, 7) is 2.48. The summed E-state index contributed by atoms with van der Waals surface area (Å²) in [4.78, 5) is 12.1. The highest BCUT2D eigenvalue weighted by atomic mass is 35.5. The van der Waals surface area contributed by atoms with Crippen LogP contribution in [0.4, 0.5) is 5.69 Å². The average Bonchev–Trinajstić information content (AvgIpc) is 2.48. The zero-order valence-electron chi connectivity index (χ0n) is 11.4. The summed E-state index contributed by atoms with van der Waals surface area (Å²) in [5.74, 6) is 0.467. The Kier molecular flexibility index (Phi) is 4.81. The SMILES string of the molecule is CCOc1ccc(C(=O)Nc2ccc(C#N)c(Cl)c2)cc1. The highest BCUT2D eigenvalue weighted by Gasteiger charge is 2.08. The smallest absolute Gasteiger partial charge is 0.255 e. The van der Waals surface area contributed by atoms with E-state index in [-0.39, 0.29) is 5.91 Å². The summed E-state index contributed by atoms with van der Waals surface area (Å²) in [6, 6.07) is 13.6. The molecule has 1 N–H and O–H groups in total. The molecule has 0 aliphatic heterocycles. The first-order chi connectivity index (χ1) is 10.1. The molecule has 0 atom stereocenters. The van der Waals surface area contributed by atoms with Crippen LogP contribution in [0.3, 0.4) is 0 Å². The van der Waals surface area contributed by atoms with E-state index in [0.717, 1.165) is 5.75 Å². The van der Waals surface area contributed by atoms with Gasteiger partial charge in [-0.05, 0) is 49.4 Å². The van der Waals surface area contributed by atoms with Crippen LogP contribution in [-0.4, -0.2) is 12.5 Å². The average molecular weight is 301 g/mol. The number of rotatable bonds is 4. The number of halogens is 1. The molecule has 0 heterocycles. The van der Waals surface area contributed by atoms with Gasteiger partial charge >= 0.3 is 0 Å². The van der Waals surface area contributed by atoms with Crippen LogP contribution in [0.1, 0.15) is 22.8 Å². The van der Waals surface area contributed by atoms with Crippen LogP contribution in [0.5, 0.6) is 5.75 Å². The zero-order chi connectivity index (χ0) is 15.2. The van der Waals surface area contributed by atoms with Gasteiger partial charge in [0.15, 0.2) is 0 Å². The second kappa shape index (κ2) is 6.78. The van der Waals surface area contributed by atoms with Gasteiger partial charge in [-0.15, -0.1) is 0 Å². The zero-order valence-corrected chi connectivity index (χ0v) is 12.1. The summed E-state index contributed by atoms with van der Waals surface area (Å²) < 4.78 is 5.32. The summed E-state index contributed by atoms with van der Waals surface area (Å²) in [7, 11) is 0. The van der Waals surface area contributed by atoms with Crippen molar-refractivity contribution in [3.05, 3.63) is 58.6 Å². The van der Waals surface area contributed by atoms with Gasteiger partial charge in [0.1, 0.15) is 11.8 Å². The number of hydrogen-bond donors (Lipinski definition) is 1. The first-order valence-corrected chi connectivity index (χ1v) is 6.75. The number of carbonyl (C=O) groups is 1. The topological polar surface area (TPSA) is 62.1 Å². The molecular formula is C16H13ClN2O2. The predicted octanol–water partition coefficient (Wildman–Crippen LogP) is 3.86. The molecule has 0 radical (unpaired) electrons. The lowest BCUT2D eigenvalue weighted by molar-refractivity contribution is 0.102. The van der Waals surface area contributed by atoms with Gasteiger partial charge in [-0.2, -0.15) is 5.26 Å². The molecule has 0 aliphatic carbocycles. The van der Waals surface area contributed by atoms with E-state index >= 15 is 0 Å². The molecule has 2 aromatic rings. The van der Waals surface area contributed by atoms with Crippen molar-refractivity contribution >= 4 is 23.2 Å². The minimum absolute atomic E-state index is 0.251. The van der Waals surface area contributed by atoms with E-state index in [1.54, 1.807) is 42.5 Å². The monoisotopic (exact) mass is 300 g/mol. The van der Waals surface area contributed by atoms with E-state index in [9.17, 15) is 4.79 Å². The van der Waals surface area contributed by atoms with Crippen molar-refractivity contribution in [1.82, 2.24) is 0 Å². The molecule has 0 bridgehead atoms. The van der Waals surface area contributed by atoms with Gasteiger partial charge in [0, 0.05) is 11.3 Å². The summed E-state index contributed by atoms with van der Waals surface area (Å²) in [5.41, 5.74) is 1.42. The molecule has 0 spiro atoms. The molecule has 0 saturated carbocycles. The first kappa shape index (κ1) is 14.9. The minimum atomic E-state index is -0.251. The number of benzene rings is 2. The molecule has 0 aromatic heterocycles. The number of nitrogens with one attached hydrogen (secondary N) is 1. The second-order valence-corrected chi connectivity index (χ2v) is 4.63. The van der Waals surface area contributed by atoms with E-state index in [1.807, 2.05) is 13.0 Å². The van der Waals surface area contributed by atoms with Crippen molar-refractivity contribution in [3.63, 3.8) is 0 Å². The summed E-state index contributed by atoms with van der Waals surface area (Å²) >= 11 is 5.92. The molecule has 0 aliphatic rings. The Balaban J connectivity index is 2.10. The summed E-state index contributed by atoms with van der Waals surface area (Å²) in [6.07, 6.45) is 0. The van der Waals surface area contributed by atoms with Crippen LogP contribution < -0.4 is 10.1 Å². The van der Waals surface area contributed by atoms with Crippen LogP contribution in [-0.2, 0) is 0 Å². The fourth-order valence-corrected chi connectivity index (χ4v) is 1.98. The Morgan fingerprint density at radius 2 is 2.00 bits per heavy atom. The highest BCUT2D eigenvalue weighted by Crippen LogP contribution is 2.21. The van der Waals surface area contributed by atoms with Crippen LogP contribution in [0.2, 0.25) is 5.02 Å². The Hall–Kier alpha value is -2.51. The number of anilines is 1. The molecule has 5 heteroatoms. The lowest BCUT2D eigenvalue weighted by Crippen LogP contribution is -2.11. The van der Waals surface area contributed by atoms with Crippen molar-refractivity contribution in [1.29, 1.82) is 5.26 Å². The quantitative estimate of drug-likeness (QED) is 0.932. The number of nitrogens with zero attached hydrogens (tertiary/aromatic N) is 1. The fourth-order valence-electron chi connectivity index (χ4n) is 1.76. The van der Waals surface area contributed by atoms with Crippen LogP contribution >= 0.6 is 11.6 Å². The third-order valence-electron chi connectivity index (χ3n) is 2.77. The van der Waals surface area contributed by atoms with Gasteiger partial charge in [0.2, 0.25) is 0 Å². The standard InChI is InChI=1S/C16H13ClN2O2/c1-2-21-14-7-4-11(5-8-14)16(20)19-13-6-3-12(10-18)15(17)9-13/h3-9H,2H2,1H3,(H,19,20). The molecule has 21 heavy (non-hydrogen) atoms. The normalized spacial score (nSPS) is 9.76. The molecule has 1 amide bonds. The number of amides is 1. The predicted molar refractivity (Wildman–Crippen MR) is 81.7 cm³/mol. The van der Waals surface area contributed by atoms with Crippen LogP contribution in [0, 0.1) is 11.3 Å². The fraction of sp³-hybridized carbons (Fsp3) is 0.125. The highest BCUT2D eigenvalue weighted by molar-refractivity contribution is 6.32. The Morgan fingerprint density at radius 1 is 1.29 bits per heavy atom. The van der Waals surface area contributed by atoms with Gasteiger partial charge < -0.3 is 10.1 Å². The second-order valence-electron chi connectivity index (χ2n) is 4.22. The van der Waals surface area contributed by atoms with E-state index in [0.29, 0.717) is 28.4 Å². The van der Waals surface area contributed by atoms with Crippen molar-refractivity contribution in [2.75, 3.05) is 11.9 Å². The van der Waals surface area contributed by atoms with Crippen molar-refractivity contribution in [2.45, 2.75) is 6.92 Å². The Labute approximate surface area is 127 Å². The molecule has 2 rings (SSSR count). The van der Waals surface area contributed by atoms with Crippen molar-refractivity contribution in [3.8, 4) is 11.8 Å². The molecule has 4 nitrogen and oxygen atoms in total. The van der Waals surface area contributed by atoms with Gasteiger partial charge in [-0.1, -0.05) is 11.6 Å². The number of hydrogen-bond acceptors (Lipinski definition) is 3. The number of carbonyl (C=O) groups excluding carboxylic acids is 1.